The summed E-state index contributed by atoms with van der Waals surface area (Å²) in [6.45, 7) is 6.07. The molecule has 0 aromatic carbocycles. The van der Waals surface area contributed by atoms with E-state index in [2.05, 4.69) is 10.2 Å². The van der Waals surface area contributed by atoms with Crippen LogP contribution < -0.4 is 5.32 Å². The van der Waals surface area contributed by atoms with Crippen molar-refractivity contribution in [3.05, 3.63) is 0 Å². The maximum atomic E-state index is 9.15. The van der Waals surface area contributed by atoms with Crippen LogP contribution in [0.4, 0.5) is 0 Å². The zero-order valence-electron chi connectivity index (χ0n) is 8.49. The minimum atomic E-state index is -0.262. The largest absolute Gasteiger partial charge is 0.392 e. The van der Waals surface area contributed by atoms with E-state index in [1.165, 1.54) is 0 Å². The summed E-state index contributed by atoms with van der Waals surface area (Å²) in [5.74, 6) is 0. The maximum absolute atomic E-state index is 9.15. The number of likely N-dealkylation sites (N-methyl/N-ethyl adjacent to an activating group) is 1. The molecule has 4 heteroatoms. The van der Waals surface area contributed by atoms with Gasteiger partial charge in [-0.05, 0) is 14.0 Å². The normalized spacial score (nSPS) is 26.3. The number of hydrogen-bond donors (Lipinski definition) is 2. The van der Waals surface area contributed by atoms with Crippen LogP contribution in [0.2, 0.25) is 0 Å². The SMILES string of the molecule is C[C@H](O)CN(C)CC1CNCCO1. The van der Waals surface area contributed by atoms with Gasteiger partial charge in [0.25, 0.3) is 0 Å². The van der Waals surface area contributed by atoms with E-state index in [-0.39, 0.29) is 12.2 Å². The lowest BCUT2D eigenvalue weighted by Crippen LogP contribution is -2.45. The monoisotopic (exact) mass is 188 g/mol. The summed E-state index contributed by atoms with van der Waals surface area (Å²) in [6, 6.07) is 0. The van der Waals surface area contributed by atoms with Crippen LogP contribution in [0.15, 0.2) is 0 Å². The van der Waals surface area contributed by atoms with E-state index in [9.17, 15) is 0 Å². The lowest BCUT2D eigenvalue weighted by Gasteiger charge is -2.28. The second kappa shape index (κ2) is 5.54. The van der Waals surface area contributed by atoms with Gasteiger partial charge in [0, 0.05) is 26.2 Å². The molecule has 1 unspecified atom stereocenters. The molecule has 4 nitrogen and oxygen atoms in total. The Hall–Kier alpha value is -0.160. The van der Waals surface area contributed by atoms with Crippen LogP contribution >= 0.6 is 0 Å². The summed E-state index contributed by atoms with van der Waals surface area (Å²) in [5.41, 5.74) is 0. The molecule has 0 aliphatic carbocycles. The van der Waals surface area contributed by atoms with Crippen molar-refractivity contribution in [3.8, 4) is 0 Å². The van der Waals surface area contributed by atoms with E-state index in [0.717, 1.165) is 26.2 Å². The Morgan fingerprint density at radius 2 is 2.46 bits per heavy atom. The lowest BCUT2D eigenvalue weighted by molar-refractivity contribution is 0.00393. The summed E-state index contributed by atoms with van der Waals surface area (Å²) in [5, 5.41) is 12.4. The Morgan fingerprint density at radius 1 is 1.69 bits per heavy atom. The minimum Gasteiger partial charge on any atom is -0.392 e. The first kappa shape index (κ1) is 10.9. The number of rotatable bonds is 4. The Bertz CT molecular complexity index is 136. The van der Waals surface area contributed by atoms with Crippen LogP contribution in [-0.4, -0.2) is 62.0 Å². The fourth-order valence-electron chi connectivity index (χ4n) is 1.61. The van der Waals surface area contributed by atoms with Crippen LogP contribution in [0, 0.1) is 0 Å². The van der Waals surface area contributed by atoms with Crippen LogP contribution in [0.1, 0.15) is 6.92 Å². The van der Waals surface area contributed by atoms with Crippen molar-refractivity contribution in [2.75, 3.05) is 39.8 Å². The van der Waals surface area contributed by atoms with Gasteiger partial charge in [0.15, 0.2) is 0 Å². The average Bonchev–Trinajstić information content (AvgIpc) is 2.04. The number of hydrogen-bond acceptors (Lipinski definition) is 4. The highest BCUT2D eigenvalue weighted by atomic mass is 16.5. The fourth-order valence-corrected chi connectivity index (χ4v) is 1.61. The molecule has 1 heterocycles. The number of nitrogens with one attached hydrogen (secondary N) is 1. The first-order chi connectivity index (χ1) is 6.18. The molecule has 1 aliphatic rings. The van der Waals surface area contributed by atoms with Gasteiger partial charge >= 0.3 is 0 Å². The van der Waals surface area contributed by atoms with Gasteiger partial charge < -0.3 is 20.1 Å². The van der Waals surface area contributed by atoms with Gasteiger partial charge in [0.2, 0.25) is 0 Å². The van der Waals surface area contributed by atoms with E-state index in [4.69, 9.17) is 9.84 Å². The van der Waals surface area contributed by atoms with Crippen molar-refractivity contribution >= 4 is 0 Å². The van der Waals surface area contributed by atoms with E-state index >= 15 is 0 Å². The molecule has 0 saturated carbocycles. The quantitative estimate of drug-likeness (QED) is 0.611. The van der Waals surface area contributed by atoms with Crippen LogP contribution in [-0.2, 0) is 4.74 Å². The summed E-state index contributed by atoms with van der Waals surface area (Å²) in [7, 11) is 2.00. The van der Waals surface area contributed by atoms with Crippen molar-refractivity contribution in [2.24, 2.45) is 0 Å². The molecule has 1 saturated heterocycles. The van der Waals surface area contributed by atoms with Crippen molar-refractivity contribution in [1.29, 1.82) is 0 Å². The number of ether oxygens (including phenoxy) is 1. The van der Waals surface area contributed by atoms with Gasteiger partial charge in [0.05, 0.1) is 18.8 Å². The van der Waals surface area contributed by atoms with E-state index in [1.807, 2.05) is 7.05 Å². The molecule has 1 aliphatic heterocycles. The average molecular weight is 188 g/mol. The molecule has 78 valence electrons. The molecular weight excluding hydrogens is 168 g/mol. The highest BCUT2D eigenvalue weighted by Crippen LogP contribution is 1.99. The zero-order chi connectivity index (χ0) is 9.68. The predicted molar refractivity (Wildman–Crippen MR) is 51.8 cm³/mol. The summed E-state index contributed by atoms with van der Waals surface area (Å²) in [4.78, 5) is 2.10. The van der Waals surface area contributed by atoms with Gasteiger partial charge in [-0.1, -0.05) is 0 Å². The third kappa shape index (κ3) is 4.57. The smallest absolute Gasteiger partial charge is 0.0826 e. The molecule has 0 amide bonds. The van der Waals surface area contributed by atoms with Gasteiger partial charge in [-0.2, -0.15) is 0 Å². The maximum Gasteiger partial charge on any atom is 0.0826 e. The minimum absolute atomic E-state index is 0.262. The standard InChI is InChI=1S/C9H20N2O2/c1-8(12)6-11(2)7-9-5-10-3-4-13-9/h8-10,12H,3-7H2,1-2H3/t8-,9?/m0/s1. The zero-order valence-corrected chi connectivity index (χ0v) is 8.49. The molecule has 0 radical (unpaired) electrons. The third-order valence-corrected chi connectivity index (χ3v) is 2.10. The molecule has 2 atom stereocenters. The van der Waals surface area contributed by atoms with Crippen molar-refractivity contribution < 1.29 is 9.84 Å². The molecule has 13 heavy (non-hydrogen) atoms. The molecular formula is C9H20N2O2. The van der Waals surface area contributed by atoms with E-state index in [0.29, 0.717) is 6.54 Å². The topological polar surface area (TPSA) is 44.7 Å². The molecule has 0 aromatic heterocycles. The predicted octanol–water partition coefficient (Wildman–Crippen LogP) is -0.713. The van der Waals surface area contributed by atoms with E-state index < -0.39 is 0 Å². The Morgan fingerprint density at radius 3 is 3.00 bits per heavy atom. The van der Waals surface area contributed by atoms with E-state index in [1.54, 1.807) is 6.92 Å². The first-order valence-corrected chi connectivity index (χ1v) is 4.87. The highest BCUT2D eigenvalue weighted by molar-refractivity contribution is 4.71. The van der Waals surface area contributed by atoms with Crippen LogP contribution in [0.5, 0.6) is 0 Å². The number of morpholine rings is 1. The van der Waals surface area contributed by atoms with Gasteiger partial charge in [0.1, 0.15) is 0 Å². The second-order valence-corrected chi connectivity index (χ2v) is 3.77. The molecule has 2 N–H and O–H groups in total. The van der Waals surface area contributed by atoms with Gasteiger partial charge in [-0.15, -0.1) is 0 Å². The fraction of sp³-hybridized carbons (Fsp3) is 1.00. The Balaban J connectivity index is 2.14. The highest BCUT2D eigenvalue weighted by Gasteiger charge is 2.15. The van der Waals surface area contributed by atoms with Crippen molar-refractivity contribution in [1.82, 2.24) is 10.2 Å². The summed E-state index contributed by atoms with van der Waals surface area (Å²) < 4.78 is 5.54. The molecule has 0 aromatic rings. The van der Waals surface area contributed by atoms with Gasteiger partial charge in [-0.25, -0.2) is 0 Å². The lowest BCUT2D eigenvalue weighted by atomic mass is 10.2. The molecule has 1 fully saturated rings. The van der Waals surface area contributed by atoms with Gasteiger partial charge in [-0.3, -0.25) is 0 Å². The van der Waals surface area contributed by atoms with Crippen LogP contribution in [0.25, 0.3) is 0 Å². The Labute approximate surface area is 79.9 Å². The Kier molecular flexibility index (Phi) is 4.66. The molecule has 0 bridgehead atoms. The second-order valence-electron chi connectivity index (χ2n) is 3.77. The summed E-state index contributed by atoms with van der Waals surface area (Å²) in [6.07, 6.45) is 0.0130. The summed E-state index contributed by atoms with van der Waals surface area (Å²) >= 11 is 0. The number of nitrogens with zero attached hydrogens (tertiary/aromatic N) is 1. The molecule has 1 rings (SSSR count). The van der Waals surface area contributed by atoms with Crippen molar-refractivity contribution in [3.63, 3.8) is 0 Å². The number of aliphatic hydroxyl groups excluding tert-OH is 1. The third-order valence-electron chi connectivity index (χ3n) is 2.10. The number of aliphatic hydroxyl groups is 1. The van der Waals surface area contributed by atoms with Crippen LogP contribution in [0.3, 0.4) is 0 Å². The van der Waals surface area contributed by atoms with Crippen molar-refractivity contribution in [2.45, 2.75) is 19.1 Å². The first-order valence-electron chi connectivity index (χ1n) is 4.87. The molecule has 0 spiro atoms.